The van der Waals surface area contributed by atoms with Gasteiger partial charge in [0.1, 0.15) is 5.75 Å². The highest BCUT2D eigenvalue weighted by molar-refractivity contribution is 5.77. The van der Waals surface area contributed by atoms with E-state index < -0.39 is 0 Å². The van der Waals surface area contributed by atoms with Crippen LogP contribution in [-0.2, 0) is 4.79 Å². The number of carbonyl (C=O) groups excluding carboxylic acids is 1. The summed E-state index contributed by atoms with van der Waals surface area (Å²) in [5.74, 6) is 0.516. The molecule has 1 aliphatic heterocycles. The topological polar surface area (TPSA) is 114 Å². The lowest BCUT2D eigenvalue weighted by molar-refractivity contribution is -0.131. The van der Waals surface area contributed by atoms with Gasteiger partial charge in [-0.3, -0.25) is 10.0 Å². The van der Waals surface area contributed by atoms with Crippen molar-refractivity contribution in [3.63, 3.8) is 0 Å². The van der Waals surface area contributed by atoms with Gasteiger partial charge in [-0.1, -0.05) is 0 Å². The minimum atomic E-state index is -0.373. The van der Waals surface area contributed by atoms with Crippen molar-refractivity contribution in [3.8, 4) is 5.75 Å². The van der Waals surface area contributed by atoms with Crippen LogP contribution in [0.2, 0.25) is 0 Å². The van der Waals surface area contributed by atoms with E-state index in [0.29, 0.717) is 30.9 Å². The van der Waals surface area contributed by atoms with Crippen LogP contribution >= 0.6 is 0 Å². The number of ether oxygens (including phenoxy) is 1. The molecule has 0 saturated carbocycles. The van der Waals surface area contributed by atoms with Crippen molar-refractivity contribution in [2.24, 2.45) is 11.7 Å². The number of nitrogens with one attached hydrogen (secondary N) is 1. The zero-order chi connectivity index (χ0) is 15.4. The minimum Gasteiger partial charge on any atom is -0.497 e. The van der Waals surface area contributed by atoms with Gasteiger partial charge in [-0.05, 0) is 12.1 Å². The van der Waals surface area contributed by atoms with Gasteiger partial charge in [-0.2, -0.15) is 0 Å². The number of carbonyl (C=O) groups is 1. The van der Waals surface area contributed by atoms with Crippen LogP contribution in [0.3, 0.4) is 0 Å². The summed E-state index contributed by atoms with van der Waals surface area (Å²) in [5.41, 5.74) is 15.6. The van der Waals surface area contributed by atoms with Crippen LogP contribution in [0.1, 0.15) is 12.0 Å². The van der Waals surface area contributed by atoms with Crippen LogP contribution in [-0.4, -0.2) is 36.2 Å². The summed E-state index contributed by atoms with van der Waals surface area (Å²) >= 11 is 0. The Hall–Kier alpha value is -2.41. The molecule has 1 aromatic rings. The number of benzene rings is 1. The fourth-order valence-corrected chi connectivity index (χ4v) is 2.47. The first-order valence-electron chi connectivity index (χ1n) is 6.62. The van der Waals surface area contributed by atoms with Crippen molar-refractivity contribution >= 4 is 17.3 Å². The maximum absolute atomic E-state index is 11.1. The van der Waals surface area contributed by atoms with E-state index in [4.69, 9.17) is 21.4 Å². The number of methoxy groups -OCH3 is 1. The zero-order valence-electron chi connectivity index (χ0n) is 11.9. The molecule has 114 valence electrons. The SMILES string of the molecule is COc1ccc(/C(=C\N)N2CC(CC(=O)NO)C2)c(N)c1. The Morgan fingerprint density at radius 2 is 2.29 bits per heavy atom. The summed E-state index contributed by atoms with van der Waals surface area (Å²) in [7, 11) is 1.58. The third-order valence-electron chi connectivity index (χ3n) is 3.59. The summed E-state index contributed by atoms with van der Waals surface area (Å²) in [4.78, 5) is 13.2. The summed E-state index contributed by atoms with van der Waals surface area (Å²) in [5, 5.41) is 8.52. The summed E-state index contributed by atoms with van der Waals surface area (Å²) < 4.78 is 5.12. The van der Waals surface area contributed by atoms with E-state index in [0.717, 1.165) is 11.3 Å². The van der Waals surface area contributed by atoms with Gasteiger partial charge in [0, 0.05) is 48.9 Å². The lowest BCUT2D eigenvalue weighted by atomic mass is 9.93. The van der Waals surface area contributed by atoms with Crippen molar-refractivity contribution in [2.45, 2.75) is 6.42 Å². The van der Waals surface area contributed by atoms with E-state index in [1.807, 2.05) is 17.0 Å². The number of likely N-dealkylation sites (tertiary alicyclic amines) is 1. The molecule has 0 atom stereocenters. The van der Waals surface area contributed by atoms with Crippen molar-refractivity contribution in [3.05, 3.63) is 30.0 Å². The maximum Gasteiger partial charge on any atom is 0.243 e. The van der Waals surface area contributed by atoms with Gasteiger partial charge in [-0.15, -0.1) is 0 Å². The van der Waals surface area contributed by atoms with E-state index in [2.05, 4.69) is 0 Å². The largest absolute Gasteiger partial charge is 0.497 e. The second kappa shape index (κ2) is 6.36. The maximum atomic E-state index is 11.1. The third-order valence-corrected chi connectivity index (χ3v) is 3.59. The molecule has 1 amide bonds. The van der Waals surface area contributed by atoms with E-state index in [1.165, 1.54) is 6.20 Å². The fourth-order valence-electron chi connectivity index (χ4n) is 2.47. The molecule has 2 rings (SSSR count). The number of nitrogens with zero attached hydrogens (tertiary/aromatic N) is 1. The number of nitrogen functional groups attached to an aromatic ring is 1. The molecule has 1 saturated heterocycles. The van der Waals surface area contributed by atoms with Gasteiger partial charge >= 0.3 is 0 Å². The van der Waals surface area contributed by atoms with Crippen LogP contribution in [0.25, 0.3) is 5.70 Å². The molecular weight excluding hydrogens is 272 g/mol. The molecule has 1 fully saturated rings. The molecule has 0 unspecified atom stereocenters. The van der Waals surface area contributed by atoms with Gasteiger partial charge < -0.3 is 21.1 Å². The average molecular weight is 292 g/mol. The Balaban J connectivity index is 2.04. The molecule has 0 spiro atoms. The van der Waals surface area contributed by atoms with Gasteiger partial charge in [0.25, 0.3) is 0 Å². The molecule has 1 heterocycles. The highest BCUT2D eigenvalue weighted by Gasteiger charge is 2.31. The molecule has 0 aliphatic carbocycles. The zero-order valence-corrected chi connectivity index (χ0v) is 11.9. The molecule has 21 heavy (non-hydrogen) atoms. The highest BCUT2D eigenvalue weighted by atomic mass is 16.5. The van der Waals surface area contributed by atoms with Gasteiger partial charge in [0.05, 0.1) is 12.8 Å². The number of hydrogen-bond acceptors (Lipinski definition) is 6. The standard InChI is InChI=1S/C14H20N4O3/c1-21-10-2-3-11(12(16)5-10)13(6-15)18-7-9(8-18)4-14(19)17-20/h2-3,5-6,9,20H,4,7-8,15-16H2,1H3,(H,17,19)/b13-6+. The lowest BCUT2D eigenvalue weighted by Gasteiger charge is -2.42. The van der Waals surface area contributed by atoms with E-state index in [1.54, 1.807) is 18.7 Å². The predicted molar refractivity (Wildman–Crippen MR) is 79.2 cm³/mol. The molecule has 1 aliphatic rings. The first kappa shape index (κ1) is 15.0. The van der Waals surface area contributed by atoms with Crippen LogP contribution < -0.4 is 21.7 Å². The second-order valence-electron chi connectivity index (χ2n) is 5.02. The number of rotatable bonds is 5. The molecular formula is C14H20N4O3. The highest BCUT2D eigenvalue weighted by Crippen LogP contribution is 2.33. The first-order valence-corrected chi connectivity index (χ1v) is 6.62. The Morgan fingerprint density at radius 1 is 1.57 bits per heavy atom. The Bertz CT molecular complexity index is 553. The Morgan fingerprint density at radius 3 is 2.81 bits per heavy atom. The van der Waals surface area contributed by atoms with Crippen molar-refractivity contribution < 1.29 is 14.7 Å². The molecule has 6 N–H and O–H groups in total. The van der Waals surface area contributed by atoms with Crippen LogP contribution in [0.5, 0.6) is 5.75 Å². The first-order chi connectivity index (χ1) is 10.1. The molecule has 7 nitrogen and oxygen atoms in total. The van der Waals surface area contributed by atoms with Crippen molar-refractivity contribution in [1.29, 1.82) is 0 Å². The average Bonchev–Trinajstić information content (AvgIpc) is 2.45. The minimum absolute atomic E-state index is 0.201. The summed E-state index contributed by atoms with van der Waals surface area (Å²) in [6, 6.07) is 5.43. The van der Waals surface area contributed by atoms with Crippen LogP contribution in [0, 0.1) is 5.92 Å². The Kier molecular flexibility index (Phi) is 4.54. The molecule has 0 bridgehead atoms. The third kappa shape index (κ3) is 3.19. The molecule has 0 aromatic heterocycles. The summed E-state index contributed by atoms with van der Waals surface area (Å²) in [6.45, 7) is 1.39. The monoisotopic (exact) mass is 292 g/mol. The number of hydrogen-bond donors (Lipinski definition) is 4. The van der Waals surface area contributed by atoms with Gasteiger partial charge in [0.15, 0.2) is 0 Å². The second-order valence-corrected chi connectivity index (χ2v) is 5.02. The smallest absolute Gasteiger partial charge is 0.243 e. The number of nitrogens with two attached hydrogens (primary N) is 2. The van der Waals surface area contributed by atoms with Crippen LogP contribution in [0.15, 0.2) is 24.4 Å². The normalized spacial score (nSPS) is 15.5. The number of hydroxylamine groups is 1. The quantitative estimate of drug-likeness (QED) is 0.354. The van der Waals surface area contributed by atoms with Gasteiger partial charge in [0.2, 0.25) is 5.91 Å². The summed E-state index contributed by atoms with van der Waals surface area (Å²) in [6.07, 6.45) is 1.81. The molecule has 7 heteroatoms. The van der Waals surface area contributed by atoms with Crippen molar-refractivity contribution in [1.82, 2.24) is 10.4 Å². The Labute approximate surface area is 123 Å². The fraction of sp³-hybridized carbons (Fsp3) is 0.357. The molecule has 1 aromatic carbocycles. The van der Waals surface area contributed by atoms with E-state index in [-0.39, 0.29) is 11.8 Å². The molecule has 0 radical (unpaired) electrons. The van der Waals surface area contributed by atoms with Gasteiger partial charge in [-0.25, -0.2) is 5.48 Å². The van der Waals surface area contributed by atoms with Crippen LogP contribution in [0.4, 0.5) is 5.69 Å². The van der Waals surface area contributed by atoms with Crippen molar-refractivity contribution in [2.75, 3.05) is 25.9 Å². The predicted octanol–water partition coefficient (Wildman–Crippen LogP) is 0.362. The number of amides is 1. The van der Waals surface area contributed by atoms with E-state index in [9.17, 15) is 4.79 Å². The van der Waals surface area contributed by atoms with E-state index >= 15 is 0 Å². The number of anilines is 1. The lowest BCUT2D eigenvalue weighted by Crippen LogP contribution is -2.47.